The third kappa shape index (κ3) is 3.22. The zero-order valence-corrected chi connectivity index (χ0v) is 14.1. The van der Waals surface area contributed by atoms with Gasteiger partial charge >= 0.3 is 5.97 Å². The first-order valence-electron chi connectivity index (χ1n) is 8.31. The van der Waals surface area contributed by atoms with Crippen molar-refractivity contribution in [2.75, 3.05) is 13.2 Å². The van der Waals surface area contributed by atoms with Crippen LogP contribution in [0.1, 0.15) is 39.9 Å². The monoisotopic (exact) mass is 339 g/mol. The van der Waals surface area contributed by atoms with E-state index in [4.69, 9.17) is 16.3 Å². The van der Waals surface area contributed by atoms with Gasteiger partial charge in [-0.2, -0.15) is 0 Å². The van der Waals surface area contributed by atoms with Crippen LogP contribution < -0.4 is 0 Å². The molecule has 0 atom stereocenters. The van der Waals surface area contributed by atoms with Crippen molar-refractivity contribution in [1.29, 1.82) is 0 Å². The maximum absolute atomic E-state index is 12.0. The molecule has 4 rings (SSSR count). The molecule has 3 nitrogen and oxygen atoms in total. The van der Waals surface area contributed by atoms with E-state index in [0.29, 0.717) is 23.1 Å². The second-order valence-corrected chi connectivity index (χ2v) is 6.84. The summed E-state index contributed by atoms with van der Waals surface area (Å²) in [6.45, 7) is 1.31. The normalized spacial score (nSPS) is 16.3. The van der Waals surface area contributed by atoms with Gasteiger partial charge in [0.2, 0.25) is 0 Å². The predicted octanol–water partition coefficient (Wildman–Crippen LogP) is 4.30. The number of aliphatic imine (C=N–C) groups is 1. The van der Waals surface area contributed by atoms with E-state index in [2.05, 4.69) is 11.1 Å². The van der Waals surface area contributed by atoms with Gasteiger partial charge in [0.1, 0.15) is 0 Å². The largest absolute Gasteiger partial charge is 0.462 e. The number of carbonyl (C=O) groups is 1. The van der Waals surface area contributed by atoms with Gasteiger partial charge < -0.3 is 4.74 Å². The zero-order chi connectivity index (χ0) is 16.5. The molecule has 0 aromatic heterocycles. The number of hydrogen-bond donors (Lipinski definition) is 0. The van der Waals surface area contributed by atoms with Crippen molar-refractivity contribution >= 4 is 23.3 Å². The zero-order valence-electron chi connectivity index (χ0n) is 13.3. The lowest BCUT2D eigenvalue weighted by Crippen LogP contribution is -2.14. The summed E-state index contributed by atoms with van der Waals surface area (Å²) in [5, 5.41) is 0.712. The van der Waals surface area contributed by atoms with Crippen molar-refractivity contribution in [3.63, 3.8) is 0 Å². The Bertz CT molecular complexity index is 807. The summed E-state index contributed by atoms with van der Waals surface area (Å²) in [7, 11) is 0. The average Bonchev–Trinajstić information content (AvgIpc) is 3.44. The standard InChI is InChI=1S/C20H18ClNO2/c21-17-8-7-14-9-10-22-19(18(14)11-17)15-3-5-16(6-4-15)20(23)24-12-13-1-2-13/h3-8,11,13H,1-2,9-10,12H2. The first-order chi connectivity index (χ1) is 11.7. The molecule has 1 saturated carbocycles. The molecule has 1 heterocycles. The van der Waals surface area contributed by atoms with E-state index in [-0.39, 0.29) is 5.97 Å². The van der Waals surface area contributed by atoms with E-state index in [1.54, 1.807) is 0 Å². The van der Waals surface area contributed by atoms with E-state index in [1.165, 1.54) is 18.4 Å². The summed E-state index contributed by atoms with van der Waals surface area (Å²) in [6, 6.07) is 13.4. The Morgan fingerprint density at radius 1 is 1.17 bits per heavy atom. The fraction of sp³-hybridized carbons (Fsp3) is 0.300. The fourth-order valence-corrected chi connectivity index (χ4v) is 3.10. The van der Waals surface area contributed by atoms with E-state index in [0.717, 1.165) is 29.8 Å². The summed E-state index contributed by atoms with van der Waals surface area (Å²) < 4.78 is 5.32. The number of hydrogen-bond acceptors (Lipinski definition) is 3. The smallest absolute Gasteiger partial charge is 0.338 e. The Balaban J connectivity index is 1.55. The molecule has 1 aliphatic heterocycles. The second kappa shape index (κ2) is 6.40. The minimum absolute atomic E-state index is 0.248. The summed E-state index contributed by atoms with van der Waals surface area (Å²) in [5.74, 6) is 0.327. The molecule has 0 bridgehead atoms. The molecule has 0 N–H and O–H groups in total. The number of benzene rings is 2. The number of nitrogens with zero attached hydrogens (tertiary/aromatic N) is 1. The van der Waals surface area contributed by atoms with Crippen LogP contribution in [0.15, 0.2) is 47.5 Å². The Morgan fingerprint density at radius 3 is 2.71 bits per heavy atom. The van der Waals surface area contributed by atoms with Gasteiger partial charge in [-0.05, 0) is 55.0 Å². The molecule has 2 aromatic rings. The number of carbonyl (C=O) groups excluding carboxylic acids is 1. The van der Waals surface area contributed by atoms with E-state index in [9.17, 15) is 4.79 Å². The third-order valence-corrected chi connectivity index (χ3v) is 4.75. The highest BCUT2D eigenvalue weighted by molar-refractivity contribution is 6.31. The number of esters is 1. The quantitative estimate of drug-likeness (QED) is 0.779. The predicted molar refractivity (Wildman–Crippen MR) is 95.1 cm³/mol. The van der Waals surface area contributed by atoms with Gasteiger partial charge in [-0.3, -0.25) is 4.99 Å². The van der Waals surface area contributed by atoms with Gasteiger partial charge in [0.25, 0.3) is 0 Å². The van der Waals surface area contributed by atoms with Crippen LogP contribution in [0, 0.1) is 5.92 Å². The summed E-state index contributed by atoms with van der Waals surface area (Å²) >= 11 is 6.15. The molecule has 0 spiro atoms. The number of ether oxygens (including phenoxy) is 1. The molecule has 2 aliphatic rings. The van der Waals surface area contributed by atoms with Gasteiger partial charge in [0.05, 0.1) is 17.9 Å². The lowest BCUT2D eigenvalue weighted by molar-refractivity contribution is 0.0486. The van der Waals surface area contributed by atoms with Crippen molar-refractivity contribution in [3.8, 4) is 0 Å². The molecule has 0 saturated heterocycles. The lowest BCUT2D eigenvalue weighted by atomic mass is 9.93. The average molecular weight is 340 g/mol. The van der Waals surface area contributed by atoms with Crippen molar-refractivity contribution < 1.29 is 9.53 Å². The maximum atomic E-state index is 12.0. The second-order valence-electron chi connectivity index (χ2n) is 6.40. The van der Waals surface area contributed by atoms with Crippen molar-refractivity contribution in [2.24, 2.45) is 10.9 Å². The first-order valence-corrected chi connectivity index (χ1v) is 8.69. The lowest BCUT2D eigenvalue weighted by Gasteiger charge is -2.17. The number of halogens is 1. The van der Waals surface area contributed by atoms with Crippen LogP contribution in [0.5, 0.6) is 0 Å². The Morgan fingerprint density at radius 2 is 1.96 bits per heavy atom. The first kappa shape index (κ1) is 15.4. The highest BCUT2D eigenvalue weighted by Crippen LogP contribution is 2.29. The van der Waals surface area contributed by atoms with Crippen LogP contribution in [-0.2, 0) is 11.2 Å². The molecule has 24 heavy (non-hydrogen) atoms. The van der Waals surface area contributed by atoms with E-state index >= 15 is 0 Å². The SMILES string of the molecule is O=C(OCC1CC1)c1ccc(C2=NCCc3ccc(Cl)cc32)cc1. The molecular formula is C20H18ClNO2. The van der Waals surface area contributed by atoms with E-state index in [1.807, 2.05) is 36.4 Å². The van der Waals surface area contributed by atoms with Crippen LogP contribution in [0.2, 0.25) is 5.02 Å². The third-order valence-electron chi connectivity index (χ3n) is 4.52. The highest BCUT2D eigenvalue weighted by Gasteiger charge is 2.23. The topological polar surface area (TPSA) is 38.7 Å². The van der Waals surface area contributed by atoms with Gasteiger partial charge in [0, 0.05) is 22.7 Å². The summed E-state index contributed by atoms with van der Waals surface area (Å²) in [4.78, 5) is 16.7. The maximum Gasteiger partial charge on any atom is 0.338 e. The van der Waals surface area contributed by atoms with Gasteiger partial charge in [-0.1, -0.05) is 29.8 Å². The van der Waals surface area contributed by atoms with E-state index < -0.39 is 0 Å². The molecule has 2 aromatic carbocycles. The van der Waals surface area contributed by atoms with Gasteiger partial charge in [0.15, 0.2) is 0 Å². The molecule has 0 radical (unpaired) electrons. The van der Waals surface area contributed by atoms with Crippen molar-refractivity contribution in [1.82, 2.24) is 0 Å². The minimum atomic E-state index is -0.248. The van der Waals surface area contributed by atoms with Gasteiger partial charge in [-0.15, -0.1) is 0 Å². The molecule has 0 unspecified atom stereocenters. The molecule has 1 aliphatic carbocycles. The Kier molecular flexibility index (Phi) is 4.11. The Labute approximate surface area is 146 Å². The van der Waals surface area contributed by atoms with Crippen LogP contribution in [0.4, 0.5) is 0 Å². The molecule has 0 amide bonds. The molecule has 122 valence electrons. The van der Waals surface area contributed by atoms with Crippen LogP contribution in [-0.4, -0.2) is 24.8 Å². The number of rotatable bonds is 4. The van der Waals surface area contributed by atoms with Gasteiger partial charge in [-0.25, -0.2) is 4.79 Å². The summed E-state index contributed by atoms with van der Waals surface area (Å²) in [5.41, 5.74) is 4.87. The van der Waals surface area contributed by atoms with Crippen molar-refractivity contribution in [2.45, 2.75) is 19.3 Å². The summed E-state index contributed by atoms with van der Waals surface area (Å²) in [6.07, 6.45) is 3.28. The van der Waals surface area contributed by atoms with Crippen LogP contribution in [0.3, 0.4) is 0 Å². The Hall–Kier alpha value is -2.13. The molecular weight excluding hydrogens is 322 g/mol. The van der Waals surface area contributed by atoms with Crippen LogP contribution in [0.25, 0.3) is 0 Å². The minimum Gasteiger partial charge on any atom is -0.462 e. The number of fused-ring (bicyclic) bond motifs is 1. The molecule has 1 fully saturated rings. The highest BCUT2D eigenvalue weighted by atomic mass is 35.5. The van der Waals surface area contributed by atoms with Crippen LogP contribution >= 0.6 is 11.6 Å². The fourth-order valence-electron chi connectivity index (χ4n) is 2.93. The van der Waals surface area contributed by atoms with Crippen molar-refractivity contribution in [3.05, 3.63) is 69.7 Å². The molecule has 4 heteroatoms.